The van der Waals surface area contributed by atoms with Gasteiger partial charge in [-0.3, -0.25) is 0 Å². The number of hydrogen-bond donors (Lipinski definition) is 0. The average molecular weight is 218 g/mol. The number of hydrogen-bond acceptors (Lipinski definition) is 0. The molecule has 0 saturated carbocycles. The van der Waals surface area contributed by atoms with E-state index < -0.39 is 0 Å². The zero-order chi connectivity index (χ0) is 9.38. The van der Waals surface area contributed by atoms with Crippen molar-refractivity contribution in [1.82, 2.24) is 0 Å². The van der Waals surface area contributed by atoms with Crippen molar-refractivity contribution in [3.05, 3.63) is 60.7 Å². The molecule has 0 saturated heterocycles. The topological polar surface area (TPSA) is 0 Å². The van der Waals surface area contributed by atoms with Gasteiger partial charge in [-0.05, 0) is 33.7 Å². The second kappa shape index (κ2) is 4.52. The van der Waals surface area contributed by atoms with Gasteiger partial charge in [0.1, 0.15) is 0 Å². The molecule has 0 bridgehead atoms. The third kappa shape index (κ3) is 2.03. The van der Waals surface area contributed by atoms with Crippen LogP contribution in [0.2, 0.25) is 0 Å². The van der Waals surface area contributed by atoms with Crippen molar-refractivity contribution in [2.45, 2.75) is 0 Å². The van der Waals surface area contributed by atoms with E-state index in [0.29, 0.717) is 0 Å². The molecular weight excluding hydrogens is 208 g/mol. The monoisotopic (exact) mass is 218 g/mol. The third-order valence-corrected chi connectivity index (χ3v) is 2.61. The van der Waals surface area contributed by atoms with Crippen LogP contribution in [0.25, 0.3) is 21.5 Å². The summed E-state index contributed by atoms with van der Waals surface area (Å²) in [5, 5.41) is 5.25. The van der Waals surface area contributed by atoms with Gasteiger partial charge in [0.2, 0.25) is 0 Å². The molecule has 68 valence electrons. The van der Waals surface area contributed by atoms with E-state index in [4.69, 9.17) is 0 Å². The summed E-state index contributed by atoms with van der Waals surface area (Å²) in [4.78, 5) is 0. The molecule has 3 aromatic carbocycles. The minimum absolute atomic E-state index is 0. The maximum Gasteiger partial charge on any atom is 0 e. The van der Waals surface area contributed by atoms with Crippen molar-refractivity contribution in [3.63, 3.8) is 0 Å². The van der Waals surface area contributed by atoms with Gasteiger partial charge >= 0.3 is 0 Å². The number of fused-ring (bicyclic) bond motifs is 2. The summed E-state index contributed by atoms with van der Waals surface area (Å²) < 4.78 is 0. The molecule has 0 aliphatic rings. The normalized spacial score (nSPS) is 10.1. The van der Waals surface area contributed by atoms with E-state index in [0.717, 1.165) is 0 Å². The van der Waals surface area contributed by atoms with Crippen LogP contribution in [0, 0.1) is 0 Å². The first-order valence-corrected chi connectivity index (χ1v) is 4.81. The molecule has 3 rings (SSSR count). The summed E-state index contributed by atoms with van der Waals surface area (Å²) in [5.41, 5.74) is 0. The van der Waals surface area contributed by atoms with Crippen LogP contribution in [0.4, 0.5) is 0 Å². The van der Waals surface area contributed by atoms with Gasteiger partial charge in [0.05, 0.1) is 0 Å². The molecule has 15 heavy (non-hydrogen) atoms. The van der Waals surface area contributed by atoms with Gasteiger partial charge < -0.3 is 0 Å². The molecule has 0 atom stereocenters. The smallest absolute Gasteiger partial charge is 0 e. The van der Waals surface area contributed by atoms with Crippen molar-refractivity contribution >= 4 is 59.3 Å². The fourth-order valence-corrected chi connectivity index (χ4v) is 1.88. The Labute approximate surface area is 119 Å². The molecule has 0 amide bonds. The molecule has 0 aliphatic heterocycles. The van der Waals surface area contributed by atoms with E-state index in [1.807, 2.05) is 0 Å². The zero-order valence-electron chi connectivity index (χ0n) is 8.48. The molecule has 0 unspecified atom stereocenters. The van der Waals surface area contributed by atoms with Crippen LogP contribution in [-0.4, -0.2) is 37.7 Å². The molecule has 0 aliphatic carbocycles. The minimum atomic E-state index is 0. The minimum Gasteiger partial charge on any atom is -0.0616 e. The zero-order valence-corrected chi connectivity index (χ0v) is 10.7. The number of benzene rings is 3. The quantitative estimate of drug-likeness (QED) is 0.399. The van der Waals surface area contributed by atoms with Crippen molar-refractivity contribution in [1.29, 1.82) is 0 Å². The summed E-state index contributed by atoms with van der Waals surface area (Å²) >= 11 is 0. The molecular formula is C14H10Ca. The maximum absolute atomic E-state index is 2.24. The first-order chi connectivity index (χ1) is 6.93. The Morgan fingerprint density at radius 1 is 0.467 bits per heavy atom. The SMILES string of the molecule is [Ca].c1ccc2cc3ccccc3cc2c1. The van der Waals surface area contributed by atoms with E-state index >= 15 is 0 Å². The molecule has 0 fully saturated rings. The van der Waals surface area contributed by atoms with Gasteiger partial charge in [0.15, 0.2) is 0 Å². The van der Waals surface area contributed by atoms with Crippen molar-refractivity contribution in [2.75, 3.05) is 0 Å². The van der Waals surface area contributed by atoms with E-state index in [9.17, 15) is 0 Å². The molecule has 3 aromatic rings. The van der Waals surface area contributed by atoms with Crippen LogP contribution in [0.15, 0.2) is 60.7 Å². The fraction of sp³-hybridized carbons (Fsp3) is 0. The van der Waals surface area contributed by atoms with Crippen molar-refractivity contribution in [2.24, 2.45) is 0 Å². The van der Waals surface area contributed by atoms with Gasteiger partial charge in [-0.2, -0.15) is 0 Å². The second-order valence-electron chi connectivity index (χ2n) is 3.55. The van der Waals surface area contributed by atoms with Crippen LogP contribution < -0.4 is 0 Å². The second-order valence-corrected chi connectivity index (χ2v) is 3.55. The van der Waals surface area contributed by atoms with Crippen LogP contribution in [0.1, 0.15) is 0 Å². The maximum atomic E-state index is 2.24. The van der Waals surface area contributed by atoms with Gasteiger partial charge in [0.25, 0.3) is 0 Å². The average Bonchev–Trinajstić information content (AvgIpc) is 2.26. The van der Waals surface area contributed by atoms with Crippen LogP contribution in [0.5, 0.6) is 0 Å². The van der Waals surface area contributed by atoms with Crippen molar-refractivity contribution < 1.29 is 0 Å². The van der Waals surface area contributed by atoms with Crippen LogP contribution in [-0.2, 0) is 0 Å². The Balaban J connectivity index is 0.000000853. The van der Waals surface area contributed by atoms with E-state index in [2.05, 4.69) is 60.7 Å². The molecule has 2 radical (unpaired) electrons. The Kier molecular flexibility index (Phi) is 3.30. The summed E-state index contributed by atoms with van der Waals surface area (Å²) in [7, 11) is 0. The Morgan fingerprint density at radius 3 is 1.00 bits per heavy atom. The van der Waals surface area contributed by atoms with E-state index in [-0.39, 0.29) is 37.7 Å². The van der Waals surface area contributed by atoms with Crippen molar-refractivity contribution in [3.8, 4) is 0 Å². The van der Waals surface area contributed by atoms with E-state index in [1.165, 1.54) is 21.5 Å². The largest absolute Gasteiger partial charge is 0.0616 e. The van der Waals surface area contributed by atoms with Gasteiger partial charge in [-0.15, -0.1) is 0 Å². The van der Waals surface area contributed by atoms with Crippen LogP contribution in [0.3, 0.4) is 0 Å². The van der Waals surface area contributed by atoms with Gasteiger partial charge in [-0.25, -0.2) is 0 Å². The Bertz CT molecular complexity index is 494. The van der Waals surface area contributed by atoms with Gasteiger partial charge in [0, 0.05) is 37.7 Å². The molecule has 0 nitrogen and oxygen atoms in total. The third-order valence-electron chi connectivity index (χ3n) is 2.61. The molecule has 0 spiro atoms. The summed E-state index contributed by atoms with van der Waals surface area (Å²) in [6.45, 7) is 0. The molecule has 0 aromatic heterocycles. The standard InChI is InChI=1S/C14H10.Ca/c1-2-6-12-10-14-8-4-3-7-13(14)9-11(12)5-1;/h1-10H;. The first-order valence-electron chi connectivity index (χ1n) is 4.81. The summed E-state index contributed by atoms with van der Waals surface area (Å²) in [6, 6.07) is 21.4. The summed E-state index contributed by atoms with van der Waals surface area (Å²) in [6.07, 6.45) is 0. The van der Waals surface area contributed by atoms with Crippen LogP contribution >= 0.6 is 0 Å². The van der Waals surface area contributed by atoms with E-state index in [1.54, 1.807) is 0 Å². The number of rotatable bonds is 0. The Morgan fingerprint density at radius 2 is 0.733 bits per heavy atom. The fourth-order valence-electron chi connectivity index (χ4n) is 1.88. The predicted octanol–water partition coefficient (Wildman–Crippen LogP) is 3.61. The Hall–Kier alpha value is -0.560. The molecule has 0 N–H and O–H groups in total. The predicted molar refractivity (Wildman–Crippen MR) is 67.2 cm³/mol. The van der Waals surface area contributed by atoms with Gasteiger partial charge in [-0.1, -0.05) is 48.5 Å². The summed E-state index contributed by atoms with van der Waals surface area (Å²) in [5.74, 6) is 0. The first kappa shape index (κ1) is 10.9. The molecule has 1 heteroatoms. The molecule has 0 heterocycles.